The number of nitro benzene ring substituents is 1. The van der Waals surface area contributed by atoms with Crippen LogP contribution in [0.4, 0.5) is 5.69 Å². The van der Waals surface area contributed by atoms with E-state index in [1.807, 2.05) is 24.3 Å². The Hall–Kier alpha value is -2.87. The number of ether oxygens (including phenoxy) is 3. The molecule has 0 unspecified atom stereocenters. The molecule has 0 bridgehead atoms. The minimum absolute atomic E-state index is 0.00827. The zero-order valence-corrected chi connectivity index (χ0v) is 14.4. The molecule has 128 valence electrons. The standard InChI is InChI=1S/C17H12BrNO6/c18-13-3-1-2-11(6-13)9-23-17(20)5-4-12-7-15-16(25-10-24-15)8-14(12)19(21)22/h1-8H,9-10H2/b5-4+. The van der Waals surface area contributed by atoms with Crippen LogP contribution in [0.5, 0.6) is 11.5 Å². The van der Waals surface area contributed by atoms with E-state index in [0.717, 1.165) is 16.1 Å². The van der Waals surface area contributed by atoms with Gasteiger partial charge >= 0.3 is 5.97 Å². The third-order valence-electron chi connectivity index (χ3n) is 3.39. The number of hydrogen-bond acceptors (Lipinski definition) is 6. The third kappa shape index (κ3) is 4.16. The second kappa shape index (κ2) is 7.35. The minimum atomic E-state index is -0.605. The van der Waals surface area contributed by atoms with Crippen LogP contribution in [-0.4, -0.2) is 17.7 Å². The predicted molar refractivity (Wildman–Crippen MR) is 92.2 cm³/mol. The maximum absolute atomic E-state index is 11.8. The van der Waals surface area contributed by atoms with Gasteiger partial charge in [-0.1, -0.05) is 28.1 Å². The van der Waals surface area contributed by atoms with Crippen molar-refractivity contribution in [2.45, 2.75) is 6.61 Å². The lowest BCUT2D eigenvalue weighted by Gasteiger charge is -2.03. The Balaban J connectivity index is 1.71. The molecule has 0 atom stereocenters. The van der Waals surface area contributed by atoms with Gasteiger partial charge in [0.2, 0.25) is 6.79 Å². The number of hydrogen-bond donors (Lipinski definition) is 0. The molecule has 0 amide bonds. The number of nitrogens with zero attached hydrogens (tertiary/aromatic N) is 1. The molecule has 0 spiro atoms. The van der Waals surface area contributed by atoms with Crippen LogP contribution in [0.1, 0.15) is 11.1 Å². The summed E-state index contributed by atoms with van der Waals surface area (Å²) in [6.45, 7) is 0.111. The van der Waals surface area contributed by atoms with E-state index in [1.165, 1.54) is 18.2 Å². The molecule has 8 heteroatoms. The molecule has 0 aromatic heterocycles. The molecule has 2 aromatic rings. The van der Waals surface area contributed by atoms with Gasteiger partial charge in [0.15, 0.2) is 11.5 Å². The molecule has 0 aliphatic carbocycles. The summed E-state index contributed by atoms with van der Waals surface area (Å²) in [6.07, 6.45) is 2.46. The first-order chi connectivity index (χ1) is 12.0. The van der Waals surface area contributed by atoms with E-state index < -0.39 is 10.9 Å². The lowest BCUT2D eigenvalue weighted by atomic mass is 10.1. The normalized spacial score (nSPS) is 12.4. The van der Waals surface area contributed by atoms with Gasteiger partial charge in [-0.25, -0.2) is 4.79 Å². The van der Waals surface area contributed by atoms with Crippen molar-refractivity contribution >= 4 is 33.7 Å². The summed E-state index contributed by atoms with van der Waals surface area (Å²) < 4.78 is 16.3. The number of nitro groups is 1. The molecule has 1 aliphatic heterocycles. The molecule has 1 heterocycles. The molecule has 0 fully saturated rings. The summed E-state index contributed by atoms with van der Waals surface area (Å²) in [4.78, 5) is 22.5. The lowest BCUT2D eigenvalue weighted by molar-refractivity contribution is -0.385. The lowest BCUT2D eigenvalue weighted by Crippen LogP contribution is -2.01. The molecule has 0 saturated carbocycles. The van der Waals surface area contributed by atoms with E-state index in [-0.39, 0.29) is 24.7 Å². The Morgan fingerprint density at radius 1 is 1.28 bits per heavy atom. The summed E-state index contributed by atoms with van der Waals surface area (Å²) in [5.41, 5.74) is 0.874. The largest absolute Gasteiger partial charge is 0.458 e. The Morgan fingerprint density at radius 3 is 2.76 bits per heavy atom. The number of carbonyl (C=O) groups is 1. The summed E-state index contributed by atoms with van der Waals surface area (Å²) in [6, 6.07) is 10.1. The first kappa shape index (κ1) is 17.0. The monoisotopic (exact) mass is 405 g/mol. The van der Waals surface area contributed by atoms with Crippen molar-refractivity contribution in [1.82, 2.24) is 0 Å². The van der Waals surface area contributed by atoms with Gasteiger partial charge in [0.25, 0.3) is 5.69 Å². The fourth-order valence-corrected chi connectivity index (χ4v) is 2.67. The Morgan fingerprint density at radius 2 is 2.04 bits per heavy atom. The van der Waals surface area contributed by atoms with Gasteiger partial charge < -0.3 is 14.2 Å². The number of esters is 1. The van der Waals surface area contributed by atoms with Crippen molar-refractivity contribution < 1.29 is 23.9 Å². The molecule has 0 radical (unpaired) electrons. The van der Waals surface area contributed by atoms with E-state index in [0.29, 0.717) is 11.5 Å². The molecular weight excluding hydrogens is 394 g/mol. The highest BCUT2D eigenvalue weighted by Gasteiger charge is 2.22. The van der Waals surface area contributed by atoms with Crippen molar-refractivity contribution in [1.29, 1.82) is 0 Å². The van der Waals surface area contributed by atoms with Gasteiger partial charge in [-0.15, -0.1) is 0 Å². The van der Waals surface area contributed by atoms with Gasteiger partial charge in [0.05, 0.1) is 16.6 Å². The number of fused-ring (bicyclic) bond motifs is 1. The topological polar surface area (TPSA) is 87.9 Å². The fourth-order valence-electron chi connectivity index (χ4n) is 2.23. The first-order valence-corrected chi connectivity index (χ1v) is 7.99. The molecular formula is C17H12BrNO6. The highest BCUT2D eigenvalue weighted by Crippen LogP contribution is 2.38. The summed E-state index contributed by atoms with van der Waals surface area (Å²) in [5, 5.41) is 11.2. The molecule has 2 aromatic carbocycles. The Kier molecular flexibility index (Phi) is 4.99. The second-order valence-electron chi connectivity index (χ2n) is 5.09. The maximum atomic E-state index is 11.8. The zero-order valence-electron chi connectivity index (χ0n) is 12.8. The number of carbonyl (C=O) groups excluding carboxylic acids is 1. The van der Waals surface area contributed by atoms with Gasteiger partial charge in [0, 0.05) is 10.5 Å². The number of rotatable bonds is 5. The average Bonchev–Trinajstić information content (AvgIpc) is 3.04. The molecule has 3 rings (SSSR count). The summed E-state index contributed by atoms with van der Waals surface area (Å²) >= 11 is 3.34. The van der Waals surface area contributed by atoms with Crippen molar-refractivity contribution in [3.8, 4) is 11.5 Å². The SMILES string of the molecule is O=C(/C=C/c1cc2c(cc1[N+](=O)[O-])OCO2)OCc1cccc(Br)c1. The second-order valence-corrected chi connectivity index (χ2v) is 6.01. The molecule has 0 N–H and O–H groups in total. The van der Waals surface area contributed by atoms with Gasteiger partial charge in [0.1, 0.15) is 6.61 Å². The van der Waals surface area contributed by atoms with Crippen molar-refractivity contribution in [3.63, 3.8) is 0 Å². The highest BCUT2D eigenvalue weighted by atomic mass is 79.9. The van der Waals surface area contributed by atoms with Crippen LogP contribution in [0.2, 0.25) is 0 Å². The van der Waals surface area contributed by atoms with Gasteiger partial charge in [-0.05, 0) is 29.8 Å². The maximum Gasteiger partial charge on any atom is 0.331 e. The van der Waals surface area contributed by atoms with E-state index in [9.17, 15) is 14.9 Å². The quantitative estimate of drug-likeness (QED) is 0.325. The summed E-state index contributed by atoms with van der Waals surface area (Å²) in [5.74, 6) is 0.0979. The zero-order chi connectivity index (χ0) is 17.8. The van der Waals surface area contributed by atoms with Crippen molar-refractivity contribution in [2.24, 2.45) is 0 Å². The van der Waals surface area contributed by atoms with Crippen LogP contribution in [-0.2, 0) is 16.1 Å². The van der Waals surface area contributed by atoms with Crippen molar-refractivity contribution in [3.05, 3.63) is 68.2 Å². The van der Waals surface area contributed by atoms with Crippen LogP contribution in [0.15, 0.2) is 46.9 Å². The highest BCUT2D eigenvalue weighted by molar-refractivity contribution is 9.10. The Bertz CT molecular complexity index is 864. The first-order valence-electron chi connectivity index (χ1n) is 7.20. The van der Waals surface area contributed by atoms with Crippen LogP contribution in [0, 0.1) is 10.1 Å². The van der Waals surface area contributed by atoms with Crippen LogP contribution in [0.25, 0.3) is 6.08 Å². The Labute approximate surface area is 151 Å². The molecule has 25 heavy (non-hydrogen) atoms. The summed E-state index contributed by atoms with van der Waals surface area (Å²) in [7, 11) is 0. The van der Waals surface area contributed by atoms with E-state index in [4.69, 9.17) is 14.2 Å². The molecule has 7 nitrogen and oxygen atoms in total. The van der Waals surface area contributed by atoms with Gasteiger partial charge in [-0.3, -0.25) is 10.1 Å². The van der Waals surface area contributed by atoms with Crippen LogP contribution >= 0.6 is 15.9 Å². The van der Waals surface area contributed by atoms with Crippen LogP contribution in [0.3, 0.4) is 0 Å². The average molecular weight is 406 g/mol. The van der Waals surface area contributed by atoms with E-state index in [2.05, 4.69) is 15.9 Å². The number of halogens is 1. The molecule has 1 aliphatic rings. The fraction of sp³-hybridized carbons (Fsp3) is 0.118. The number of benzene rings is 2. The smallest absolute Gasteiger partial charge is 0.331 e. The van der Waals surface area contributed by atoms with E-state index >= 15 is 0 Å². The van der Waals surface area contributed by atoms with E-state index in [1.54, 1.807) is 0 Å². The third-order valence-corrected chi connectivity index (χ3v) is 3.88. The van der Waals surface area contributed by atoms with Crippen LogP contribution < -0.4 is 9.47 Å². The minimum Gasteiger partial charge on any atom is -0.458 e. The predicted octanol–water partition coefficient (Wildman–Crippen LogP) is 3.84. The van der Waals surface area contributed by atoms with Crippen molar-refractivity contribution in [2.75, 3.05) is 6.79 Å². The molecule has 0 saturated heterocycles. The van der Waals surface area contributed by atoms with Gasteiger partial charge in [-0.2, -0.15) is 0 Å².